The predicted octanol–water partition coefficient (Wildman–Crippen LogP) is 7.57. The van der Waals surface area contributed by atoms with Gasteiger partial charge in [-0.3, -0.25) is 14.5 Å². The van der Waals surface area contributed by atoms with E-state index in [1.165, 1.54) is 35.9 Å². The van der Waals surface area contributed by atoms with Crippen LogP contribution in [-0.4, -0.2) is 47.3 Å². The van der Waals surface area contributed by atoms with Crippen LogP contribution in [0.15, 0.2) is 76.6 Å². The van der Waals surface area contributed by atoms with Gasteiger partial charge in [-0.15, -0.1) is 10.2 Å². The quantitative estimate of drug-likeness (QED) is 0.0365. The summed E-state index contributed by atoms with van der Waals surface area (Å²) in [6, 6.07) is 17.0. The van der Waals surface area contributed by atoms with Crippen LogP contribution in [0, 0.1) is 5.82 Å². The maximum atomic E-state index is 13.7. The first kappa shape index (κ1) is 33.0. The summed E-state index contributed by atoms with van der Waals surface area (Å²) in [7, 11) is 1.52. The van der Waals surface area contributed by atoms with E-state index in [2.05, 4.69) is 17.1 Å². The third kappa shape index (κ3) is 7.34. The molecule has 0 aliphatic carbocycles. The molecule has 1 aliphatic heterocycles. The number of rotatable bonds is 14. The number of unbranched alkanes of at least 4 members (excludes halogenated alkanes) is 2. The molecule has 1 amide bonds. The second-order valence-corrected chi connectivity index (χ2v) is 12.5. The first-order valence-electron chi connectivity index (χ1n) is 14.9. The van der Waals surface area contributed by atoms with Crippen LogP contribution in [-0.2, 0) is 15.3 Å². The Morgan fingerprint density at radius 1 is 0.978 bits per heavy atom. The molecule has 0 radical (unpaired) electrons. The standard InChI is InChI=1S/C34H34FN3O6S2/c1-4-6-7-18-44-26-17-12-23(19-27(26)42-3)29-28(30(39)22-10-15-25(16-11-22)43-5-2)31(40)32(41)38(29)33-36-37-34(46-33)45-20-21-8-13-24(35)14-9-21/h8-17,19,29,39H,4-7,18,20H2,1-3H3/b30-28-. The second-order valence-electron chi connectivity index (χ2n) is 10.4. The highest BCUT2D eigenvalue weighted by atomic mass is 32.2. The van der Waals surface area contributed by atoms with Crippen LogP contribution in [0.1, 0.15) is 55.8 Å². The van der Waals surface area contributed by atoms with Gasteiger partial charge in [0.2, 0.25) is 5.13 Å². The van der Waals surface area contributed by atoms with Crippen molar-refractivity contribution < 1.29 is 33.3 Å². The number of aliphatic hydroxyl groups excluding tert-OH is 1. The number of methoxy groups -OCH3 is 1. The van der Waals surface area contributed by atoms with Crippen molar-refractivity contribution in [1.82, 2.24) is 10.2 Å². The third-order valence-electron chi connectivity index (χ3n) is 7.27. The van der Waals surface area contributed by atoms with E-state index in [1.54, 1.807) is 54.6 Å². The summed E-state index contributed by atoms with van der Waals surface area (Å²) < 4.78 is 31.0. The molecule has 3 aromatic carbocycles. The molecular weight excluding hydrogens is 630 g/mol. The number of carbonyl (C=O) groups is 2. The van der Waals surface area contributed by atoms with Crippen LogP contribution in [0.25, 0.3) is 5.76 Å². The summed E-state index contributed by atoms with van der Waals surface area (Å²) in [5.41, 5.74) is 1.66. The molecule has 240 valence electrons. The molecule has 0 spiro atoms. The molecular formula is C34H34FN3O6S2. The molecule has 1 N–H and O–H groups in total. The Morgan fingerprint density at radius 2 is 1.74 bits per heavy atom. The van der Waals surface area contributed by atoms with Crippen LogP contribution in [0.5, 0.6) is 17.2 Å². The second kappa shape index (κ2) is 15.2. The molecule has 1 aromatic heterocycles. The highest BCUT2D eigenvalue weighted by Crippen LogP contribution is 2.45. The van der Waals surface area contributed by atoms with Crippen LogP contribution in [0.3, 0.4) is 0 Å². The van der Waals surface area contributed by atoms with Gasteiger partial charge in [0, 0.05) is 11.3 Å². The molecule has 1 aliphatic rings. The summed E-state index contributed by atoms with van der Waals surface area (Å²) >= 11 is 2.52. The first-order valence-corrected chi connectivity index (χ1v) is 16.7. The van der Waals surface area contributed by atoms with Crippen molar-refractivity contribution in [3.63, 3.8) is 0 Å². The van der Waals surface area contributed by atoms with E-state index < -0.39 is 17.7 Å². The van der Waals surface area contributed by atoms with Crippen molar-refractivity contribution in [2.75, 3.05) is 25.2 Å². The number of anilines is 1. The van der Waals surface area contributed by atoms with Crippen molar-refractivity contribution in [3.05, 3.63) is 94.8 Å². The monoisotopic (exact) mass is 663 g/mol. The van der Waals surface area contributed by atoms with E-state index >= 15 is 0 Å². The molecule has 1 atom stereocenters. The number of hydrogen-bond acceptors (Lipinski definition) is 10. The number of thioether (sulfide) groups is 1. The molecule has 1 fully saturated rings. The van der Waals surface area contributed by atoms with E-state index in [1.807, 2.05) is 6.92 Å². The van der Waals surface area contributed by atoms with E-state index in [9.17, 15) is 19.1 Å². The normalized spacial score (nSPS) is 15.7. The highest BCUT2D eigenvalue weighted by molar-refractivity contribution is 8.00. The number of hydrogen-bond donors (Lipinski definition) is 1. The first-order chi connectivity index (χ1) is 22.3. The fourth-order valence-corrected chi connectivity index (χ4v) is 6.79. The Morgan fingerprint density at radius 3 is 2.43 bits per heavy atom. The number of ether oxygens (including phenoxy) is 3. The Hall–Kier alpha value is -4.42. The van der Waals surface area contributed by atoms with Gasteiger partial charge in [-0.2, -0.15) is 0 Å². The van der Waals surface area contributed by atoms with Crippen LogP contribution in [0.4, 0.5) is 9.52 Å². The van der Waals surface area contributed by atoms with Gasteiger partial charge in [0.1, 0.15) is 17.3 Å². The number of nitrogens with zero attached hydrogens (tertiary/aromatic N) is 3. The van der Waals surface area contributed by atoms with Crippen molar-refractivity contribution in [2.45, 2.75) is 49.2 Å². The van der Waals surface area contributed by atoms with E-state index in [4.69, 9.17) is 14.2 Å². The molecule has 4 aromatic rings. The average Bonchev–Trinajstić information content (AvgIpc) is 3.64. The van der Waals surface area contributed by atoms with Crippen molar-refractivity contribution in [3.8, 4) is 17.2 Å². The lowest BCUT2D eigenvalue weighted by Crippen LogP contribution is -2.29. The van der Waals surface area contributed by atoms with Gasteiger partial charge in [-0.05, 0) is 73.0 Å². The number of ketones is 1. The van der Waals surface area contributed by atoms with E-state index in [0.29, 0.717) is 51.7 Å². The maximum Gasteiger partial charge on any atom is 0.301 e. The molecule has 1 saturated heterocycles. The van der Waals surface area contributed by atoms with Gasteiger partial charge in [0.15, 0.2) is 15.8 Å². The molecule has 0 saturated carbocycles. The van der Waals surface area contributed by atoms with Crippen molar-refractivity contribution in [1.29, 1.82) is 0 Å². The lowest BCUT2D eigenvalue weighted by atomic mass is 9.95. The maximum absolute atomic E-state index is 13.7. The minimum Gasteiger partial charge on any atom is -0.507 e. The zero-order chi connectivity index (χ0) is 32.6. The zero-order valence-corrected chi connectivity index (χ0v) is 27.3. The number of carbonyl (C=O) groups excluding carboxylic acids is 2. The Bertz CT molecular complexity index is 1710. The topological polar surface area (TPSA) is 111 Å². The molecule has 0 bridgehead atoms. The fraction of sp³-hybridized carbons (Fsp3) is 0.294. The van der Waals surface area contributed by atoms with Crippen LogP contribution < -0.4 is 19.1 Å². The van der Waals surface area contributed by atoms with Crippen LogP contribution >= 0.6 is 23.1 Å². The molecule has 46 heavy (non-hydrogen) atoms. The number of aliphatic hydroxyl groups is 1. The Kier molecular flexibility index (Phi) is 10.9. The smallest absolute Gasteiger partial charge is 0.301 e. The van der Waals surface area contributed by atoms with Gasteiger partial charge < -0.3 is 19.3 Å². The number of halogens is 1. The predicted molar refractivity (Wildman–Crippen MR) is 176 cm³/mol. The largest absolute Gasteiger partial charge is 0.507 e. The molecule has 5 rings (SSSR count). The fourth-order valence-electron chi connectivity index (χ4n) is 4.97. The van der Waals surface area contributed by atoms with Gasteiger partial charge in [0.05, 0.1) is 31.9 Å². The van der Waals surface area contributed by atoms with E-state index in [-0.39, 0.29) is 22.3 Å². The summed E-state index contributed by atoms with van der Waals surface area (Å²) in [5.74, 6) is -0.285. The number of amides is 1. The summed E-state index contributed by atoms with van der Waals surface area (Å²) in [5, 5.41) is 20.2. The van der Waals surface area contributed by atoms with Gasteiger partial charge in [-0.1, -0.05) is 61.1 Å². The molecule has 2 heterocycles. The average molecular weight is 664 g/mol. The van der Waals surface area contributed by atoms with Gasteiger partial charge in [0.25, 0.3) is 5.78 Å². The molecule has 1 unspecified atom stereocenters. The molecule has 9 nitrogen and oxygen atoms in total. The van der Waals surface area contributed by atoms with Gasteiger partial charge >= 0.3 is 5.91 Å². The molecule has 12 heteroatoms. The zero-order valence-electron chi connectivity index (χ0n) is 25.7. The van der Waals surface area contributed by atoms with E-state index in [0.717, 1.165) is 36.2 Å². The number of benzene rings is 3. The highest BCUT2D eigenvalue weighted by Gasteiger charge is 2.48. The third-order valence-corrected chi connectivity index (χ3v) is 9.40. The Labute approximate surface area is 275 Å². The van der Waals surface area contributed by atoms with Gasteiger partial charge in [-0.25, -0.2) is 4.39 Å². The SMILES string of the molecule is CCCCCOc1ccc(C2/C(=C(/O)c3ccc(OCC)cc3)C(=O)C(=O)N2c2nnc(SCc3ccc(F)cc3)s2)cc1OC. The number of Topliss-reactive ketones (excluding diaryl/α,β-unsaturated/α-hetero) is 1. The van der Waals surface area contributed by atoms with Crippen LogP contribution in [0.2, 0.25) is 0 Å². The summed E-state index contributed by atoms with van der Waals surface area (Å²) in [4.78, 5) is 28.6. The summed E-state index contributed by atoms with van der Waals surface area (Å²) in [6.45, 7) is 4.97. The Balaban J connectivity index is 1.53. The van der Waals surface area contributed by atoms with Crippen molar-refractivity contribution in [2.24, 2.45) is 0 Å². The summed E-state index contributed by atoms with van der Waals surface area (Å²) in [6.07, 6.45) is 2.99. The lowest BCUT2D eigenvalue weighted by Gasteiger charge is -2.23. The minimum absolute atomic E-state index is 0.0939. The van der Waals surface area contributed by atoms with Crippen molar-refractivity contribution >= 4 is 45.7 Å². The number of aromatic nitrogens is 2. The minimum atomic E-state index is -1.03. The lowest BCUT2D eigenvalue weighted by molar-refractivity contribution is -0.132.